The van der Waals surface area contributed by atoms with Crippen molar-refractivity contribution in [1.29, 1.82) is 0 Å². The van der Waals surface area contributed by atoms with Crippen LogP contribution in [-0.2, 0) is 20.7 Å². The van der Waals surface area contributed by atoms with E-state index in [1.807, 2.05) is 30.3 Å². The van der Waals surface area contributed by atoms with Gasteiger partial charge in [-0.05, 0) is 44.4 Å². The minimum atomic E-state index is -0.598. The Hall–Kier alpha value is -1.39. The predicted octanol–water partition coefficient (Wildman–Crippen LogP) is 2.29. The molecule has 110 valence electrons. The van der Waals surface area contributed by atoms with E-state index in [2.05, 4.69) is 5.32 Å². The third kappa shape index (κ3) is 6.68. The van der Waals surface area contributed by atoms with Gasteiger partial charge in [-0.1, -0.05) is 30.3 Å². The Kier molecular flexibility index (Phi) is 6.17. The van der Waals surface area contributed by atoms with E-state index in [0.717, 1.165) is 5.56 Å². The molecule has 5 heteroatoms. The van der Waals surface area contributed by atoms with Gasteiger partial charge in [0.2, 0.25) is 5.24 Å². The fourth-order valence-electron chi connectivity index (χ4n) is 1.66. The summed E-state index contributed by atoms with van der Waals surface area (Å²) < 4.78 is 5.35. The molecule has 0 radical (unpaired) electrons. The first-order chi connectivity index (χ1) is 9.28. The topological polar surface area (TPSA) is 55.4 Å². The first kappa shape index (κ1) is 16.7. The highest BCUT2D eigenvalue weighted by Crippen LogP contribution is 2.11. The summed E-state index contributed by atoms with van der Waals surface area (Å²) in [5.41, 5.74) is 0.413. The molecule has 0 bridgehead atoms. The Morgan fingerprint density at radius 2 is 1.85 bits per heavy atom. The van der Waals surface area contributed by atoms with Crippen molar-refractivity contribution in [2.45, 2.75) is 38.8 Å². The number of hydrogen-bond donors (Lipinski definition) is 1. The van der Waals surface area contributed by atoms with Gasteiger partial charge >= 0.3 is 5.97 Å². The first-order valence-electron chi connectivity index (χ1n) is 6.46. The largest absolute Gasteiger partial charge is 0.459 e. The molecule has 20 heavy (non-hydrogen) atoms. The summed E-state index contributed by atoms with van der Waals surface area (Å²) in [4.78, 5) is 23.0. The molecule has 0 saturated heterocycles. The minimum absolute atomic E-state index is 0.0711. The molecule has 1 aromatic carbocycles. The van der Waals surface area contributed by atoms with Crippen molar-refractivity contribution >= 4 is 22.8 Å². The van der Waals surface area contributed by atoms with Crippen LogP contribution in [0.1, 0.15) is 26.3 Å². The second-order valence-electron chi connectivity index (χ2n) is 5.51. The number of halogens is 1. The number of rotatable bonds is 6. The molecule has 1 atom stereocenters. The van der Waals surface area contributed by atoms with Crippen LogP contribution in [0.4, 0.5) is 0 Å². The van der Waals surface area contributed by atoms with Gasteiger partial charge in [-0.3, -0.25) is 14.9 Å². The lowest BCUT2D eigenvalue weighted by Gasteiger charge is -2.24. The summed E-state index contributed by atoms with van der Waals surface area (Å²) in [7, 11) is 0. The Morgan fingerprint density at radius 3 is 2.35 bits per heavy atom. The van der Waals surface area contributed by atoms with Crippen molar-refractivity contribution in [2.75, 3.05) is 6.54 Å². The number of esters is 1. The van der Waals surface area contributed by atoms with Crippen molar-refractivity contribution < 1.29 is 14.3 Å². The van der Waals surface area contributed by atoms with Gasteiger partial charge in [-0.15, -0.1) is 0 Å². The summed E-state index contributed by atoms with van der Waals surface area (Å²) in [5.74, 6) is -0.390. The van der Waals surface area contributed by atoms with Crippen LogP contribution in [0.15, 0.2) is 30.3 Å². The van der Waals surface area contributed by atoms with Gasteiger partial charge in [-0.2, -0.15) is 0 Å². The maximum Gasteiger partial charge on any atom is 0.324 e. The van der Waals surface area contributed by atoms with Crippen LogP contribution in [0.25, 0.3) is 0 Å². The molecule has 0 aliphatic rings. The molecule has 1 N–H and O–H groups in total. The molecule has 0 fully saturated rings. The Morgan fingerprint density at radius 1 is 1.25 bits per heavy atom. The highest BCUT2D eigenvalue weighted by Gasteiger charge is 2.25. The second kappa shape index (κ2) is 7.41. The Bertz CT molecular complexity index is 454. The monoisotopic (exact) mass is 297 g/mol. The predicted molar refractivity (Wildman–Crippen MR) is 78.6 cm³/mol. The highest BCUT2D eigenvalue weighted by atomic mass is 35.5. The van der Waals surface area contributed by atoms with Gasteiger partial charge < -0.3 is 4.74 Å². The molecular weight excluding hydrogens is 278 g/mol. The van der Waals surface area contributed by atoms with Gasteiger partial charge in [0.1, 0.15) is 11.6 Å². The number of nitrogens with one attached hydrogen (secondary N) is 1. The summed E-state index contributed by atoms with van der Waals surface area (Å²) in [6.07, 6.45) is 0.444. The Balaban J connectivity index is 2.74. The smallest absolute Gasteiger partial charge is 0.324 e. The van der Waals surface area contributed by atoms with Gasteiger partial charge in [0.15, 0.2) is 0 Å². The van der Waals surface area contributed by atoms with Crippen molar-refractivity contribution in [3.8, 4) is 0 Å². The fraction of sp³-hybridized carbons (Fsp3) is 0.467. The molecule has 1 rings (SSSR count). The minimum Gasteiger partial charge on any atom is -0.459 e. The van der Waals surface area contributed by atoms with E-state index in [0.29, 0.717) is 6.42 Å². The van der Waals surface area contributed by atoms with Crippen LogP contribution in [0.5, 0.6) is 0 Å². The standard InChI is InChI=1S/C15H20ClNO3/c1-15(2,3)20-14(19)12(17-10-13(16)18)9-11-7-5-4-6-8-11/h4-8,12,17H,9-10H2,1-3H3. The molecule has 0 spiro atoms. The number of hydrogen-bond acceptors (Lipinski definition) is 4. The van der Waals surface area contributed by atoms with Crippen LogP contribution >= 0.6 is 11.6 Å². The average molecular weight is 298 g/mol. The number of benzene rings is 1. The van der Waals surface area contributed by atoms with E-state index >= 15 is 0 Å². The molecular formula is C15H20ClNO3. The lowest BCUT2D eigenvalue weighted by molar-refractivity contribution is -0.157. The van der Waals surface area contributed by atoms with Crippen LogP contribution < -0.4 is 5.32 Å². The molecule has 0 aliphatic heterocycles. The third-order valence-corrected chi connectivity index (χ3v) is 2.60. The Labute approximate surface area is 124 Å². The normalized spacial score (nSPS) is 12.8. The maximum absolute atomic E-state index is 12.1. The molecule has 1 aromatic rings. The van der Waals surface area contributed by atoms with E-state index in [9.17, 15) is 9.59 Å². The van der Waals surface area contributed by atoms with Crippen molar-refractivity contribution in [1.82, 2.24) is 5.32 Å². The first-order valence-corrected chi connectivity index (χ1v) is 6.84. The second-order valence-corrected chi connectivity index (χ2v) is 5.93. The number of carbonyl (C=O) groups is 2. The molecule has 0 aliphatic carbocycles. The summed E-state index contributed by atoms with van der Waals surface area (Å²) in [6, 6.07) is 8.94. The zero-order valence-corrected chi connectivity index (χ0v) is 12.7. The van der Waals surface area contributed by atoms with Gasteiger partial charge in [0.25, 0.3) is 0 Å². The highest BCUT2D eigenvalue weighted by molar-refractivity contribution is 6.64. The van der Waals surface area contributed by atoms with Crippen molar-refractivity contribution in [3.63, 3.8) is 0 Å². The third-order valence-electron chi connectivity index (χ3n) is 2.46. The van der Waals surface area contributed by atoms with E-state index in [1.165, 1.54) is 0 Å². The van der Waals surface area contributed by atoms with Crippen LogP contribution in [0, 0.1) is 0 Å². The molecule has 4 nitrogen and oxygen atoms in total. The van der Waals surface area contributed by atoms with E-state index in [1.54, 1.807) is 20.8 Å². The fourth-order valence-corrected chi connectivity index (χ4v) is 1.74. The molecule has 0 saturated carbocycles. The van der Waals surface area contributed by atoms with Gasteiger partial charge in [0, 0.05) is 0 Å². The van der Waals surface area contributed by atoms with E-state index in [-0.39, 0.29) is 12.5 Å². The summed E-state index contributed by atoms with van der Waals surface area (Å²) >= 11 is 5.31. The summed E-state index contributed by atoms with van der Waals surface area (Å²) in [5, 5.41) is 2.30. The van der Waals surface area contributed by atoms with Gasteiger partial charge in [0.05, 0.1) is 6.54 Å². The number of carbonyl (C=O) groups excluding carboxylic acids is 2. The summed E-state index contributed by atoms with van der Waals surface area (Å²) in [6.45, 7) is 5.34. The van der Waals surface area contributed by atoms with Gasteiger partial charge in [-0.25, -0.2) is 0 Å². The zero-order valence-electron chi connectivity index (χ0n) is 12.0. The lowest BCUT2D eigenvalue weighted by Crippen LogP contribution is -2.44. The molecule has 0 heterocycles. The quantitative estimate of drug-likeness (QED) is 0.646. The van der Waals surface area contributed by atoms with Crippen LogP contribution in [0.2, 0.25) is 0 Å². The number of ether oxygens (including phenoxy) is 1. The molecule has 0 aromatic heterocycles. The maximum atomic E-state index is 12.1. The average Bonchev–Trinajstić information content (AvgIpc) is 2.33. The van der Waals surface area contributed by atoms with Crippen LogP contribution in [0.3, 0.4) is 0 Å². The lowest BCUT2D eigenvalue weighted by atomic mass is 10.1. The van der Waals surface area contributed by atoms with Crippen LogP contribution in [-0.4, -0.2) is 29.4 Å². The molecule has 0 amide bonds. The van der Waals surface area contributed by atoms with E-state index < -0.39 is 16.9 Å². The van der Waals surface area contributed by atoms with Crippen molar-refractivity contribution in [2.24, 2.45) is 0 Å². The van der Waals surface area contributed by atoms with Crippen molar-refractivity contribution in [3.05, 3.63) is 35.9 Å². The molecule has 1 unspecified atom stereocenters. The SMILES string of the molecule is CC(C)(C)OC(=O)C(Cc1ccccc1)NCC(=O)Cl. The zero-order chi connectivity index (χ0) is 15.2. The van der Waals surface area contributed by atoms with E-state index in [4.69, 9.17) is 16.3 Å².